The number of hydrogen-bond donors (Lipinski definition) is 2. The summed E-state index contributed by atoms with van der Waals surface area (Å²) in [6.07, 6.45) is 1.18. The Morgan fingerprint density at radius 3 is 2.39 bits per heavy atom. The Hall–Kier alpha value is -3.93. The molecule has 0 atom stereocenters. The molecule has 0 aliphatic carbocycles. The number of rotatable bonds is 8. The van der Waals surface area contributed by atoms with Gasteiger partial charge in [-0.2, -0.15) is 5.10 Å². The Morgan fingerprint density at radius 2 is 1.61 bits per heavy atom. The van der Waals surface area contributed by atoms with Crippen molar-refractivity contribution < 1.29 is 14.3 Å². The van der Waals surface area contributed by atoms with Gasteiger partial charge in [-0.1, -0.05) is 60.2 Å². The Kier molecular flexibility index (Phi) is 7.54. The number of hydrogen-bond acceptors (Lipinski definition) is 4. The van der Waals surface area contributed by atoms with E-state index in [9.17, 15) is 9.59 Å². The van der Waals surface area contributed by atoms with Gasteiger partial charge in [-0.3, -0.25) is 9.59 Å². The van der Waals surface area contributed by atoms with Gasteiger partial charge in [0.2, 0.25) is 11.8 Å². The van der Waals surface area contributed by atoms with E-state index in [2.05, 4.69) is 15.8 Å². The van der Waals surface area contributed by atoms with E-state index in [1.807, 2.05) is 80.6 Å². The summed E-state index contributed by atoms with van der Waals surface area (Å²) in [4.78, 5) is 24.1. The lowest BCUT2D eigenvalue weighted by atomic mass is 10.1. The van der Waals surface area contributed by atoms with Gasteiger partial charge in [0.05, 0.1) is 6.21 Å². The van der Waals surface area contributed by atoms with E-state index in [-0.39, 0.29) is 6.42 Å². The molecule has 0 aliphatic rings. The van der Waals surface area contributed by atoms with Crippen LogP contribution < -0.4 is 15.5 Å². The molecule has 2 N–H and O–H groups in total. The van der Waals surface area contributed by atoms with Crippen LogP contribution in [0.15, 0.2) is 77.9 Å². The largest absolute Gasteiger partial charge is 0.488 e. The highest BCUT2D eigenvalue weighted by atomic mass is 16.5. The van der Waals surface area contributed by atoms with Crippen molar-refractivity contribution in [2.75, 3.05) is 5.32 Å². The average molecular weight is 415 g/mol. The molecule has 31 heavy (non-hydrogen) atoms. The highest BCUT2D eigenvalue weighted by molar-refractivity contribution is 6.04. The average Bonchev–Trinajstić information content (AvgIpc) is 2.76. The van der Waals surface area contributed by atoms with Gasteiger partial charge in [-0.25, -0.2) is 5.43 Å². The van der Waals surface area contributed by atoms with Crippen LogP contribution in [0.2, 0.25) is 0 Å². The van der Waals surface area contributed by atoms with E-state index in [4.69, 9.17) is 4.74 Å². The quantitative estimate of drug-likeness (QED) is 0.326. The fourth-order valence-electron chi connectivity index (χ4n) is 2.83. The summed E-state index contributed by atoms with van der Waals surface area (Å²) >= 11 is 0. The summed E-state index contributed by atoms with van der Waals surface area (Å²) in [6.45, 7) is 4.35. The maximum absolute atomic E-state index is 12.1. The Balaban J connectivity index is 1.52. The van der Waals surface area contributed by atoms with Crippen LogP contribution in [0.4, 0.5) is 5.69 Å². The molecule has 3 rings (SSSR count). The second-order valence-electron chi connectivity index (χ2n) is 7.15. The van der Waals surface area contributed by atoms with Gasteiger partial charge in [-0.05, 0) is 43.2 Å². The van der Waals surface area contributed by atoms with E-state index in [1.54, 1.807) is 6.07 Å². The summed E-state index contributed by atoms with van der Waals surface area (Å²) in [5.41, 5.74) is 6.97. The normalized spacial score (nSPS) is 10.6. The molecule has 0 aromatic heterocycles. The molecular weight excluding hydrogens is 390 g/mol. The summed E-state index contributed by atoms with van der Waals surface area (Å²) in [5, 5.41) is 6.68. The first kappa shape index (κ1) is 21.8. The highest BCUT2D eigenvalue weighted by Gasteiger charge is 2.10. The van der Waals surface area contributed by atoms with E-state index in [1.165, 1.54) is 11.8 Å². The van der Waals surface area contributed by atoms with E-state index in [0.717, 1.165) is 16.7 Å². The molecule has 6 nitrogen and oxygen atoms in total. The minimum atomic E-state index is -0.500. The third-order valence-corrected chi connectivity index (χ3v) is 4.57. The maximum Gasteiger partial charge on any atom is 0.249 e. The molecule has 0 bridgehead atoms. The zero-order valence-electron chi connectivity index (χ0n) is 17.6. The summed E-state index contributed by atoms with van der Waals surface area (Å²) in [7, 11) is 0. The third kappa shape index (κ3) is 6.82. The van der Waals surface area contributed by atoms with Crippen molar-refractivity contribution in [3.8, 4) is 5.75 Å². The zero-order valence-corrected chi connectivity index (χ0v) is 17.6. The van der Waals surface area contributed by atoms with Gasteiger partial charge < -0.3 is 10.1 Å². The van der Waals surface area contributed by atoms with Gasteiger partial charge in [0.1, 0.15) is 18.8 Å². The number of benzene rings is 3. The predicted octanol–water partition coefficient (Wildman–Crippen LogP) is 4.36. The lowest BCUT2D eigenvalue weighted by Crippen LogP contribution is -2.24. The molecule has 0 heterocycles. The van der Waals surface area contributed by atoms with Gasteiger partial charge in [0, 0.05) is 11.3 Å². The SMILES string of the molecule is Cc1ccc(COc2ccccc2C=NNC(=O)CC(=O)Nc2ccccc2C)cc1. The van der Waals surface area contributed by atoms with E-state index >= 15 is 0 Å². The molecular formula is C25H25N3O3. The number of nitrogens with zero attached hydrogens (tertiary/aromatic N) is 1. The van der Waals surface area contributed by atoms with Gasteiger partial charge in [0.25, 0.3) is 0 Å². The van der Waals surface area contributed by atoms with Crippen LogP contribution in [0.5, 0.6) is 5.75 Å². The fourth-order valence-corrected chi connectivity index (χ4v) is 2.83. The predicted molar refractivity (Wildman–Crippen MR) is 122 cm³/mol. The number of nitrogens with one attached hydrogen (secondary N) is 2. The Morgan fingerprint density at radius 1 is 0.903 bits per heavy atom. The first-order chi connectivity index (χ1) is 15.0. The molecule has 0 aliphatic heterocycles. The number of para-hydroxylation sites is 2. The number of carbonyl (C=O) groups is 2. The van der Waals surface area contributed by atoms with Crippen molar-refractivity contribution in [1.29, 1.82) is 0 Å². The monoisotopic (exact) mass is 415 g/mol. The second kappa shape index (κ2) is 10.7. The van der Waals surface area contributed by atoms with Crippen LogP contribution in [-0.4, -0.2) is 18.0 Å². The zero-order chi connectivity index (χ0) is 22.1. The van der Waals surface area contributed by atoms with Gasteiger partial charge in [0.15, 0.2) is 0 Å². The van der Waals surface area contributed by atoms with E-state index < -0.39 is 11.8 Å². The molecule has 0 spiro atoms. The molecule has 0 fully saturated rings. The number of carbonyl (C=O) groups excluding carboxylic acids is 2. The van der Waals surface area contributed by atoms with Crippen LogP contribution in [0, 0.1) is 13.8 Å². The van der Waals surface area contributed by atoms with Crippen molar-refractivity contribution in [2.24, 2.45) is 5.10 Å². The third-order valence-electron chi connectivity index (χ3n) is 4.57. The molecule has 158 valence electrons. The fraction of sp³-hybridized carbons (Fsp3) is 0.160. The molecule has 0 saturated heterocycles. The van der Waals surface area contributed by atoms with Crippen LogP contribution >= 0.6 is 0 Å². The first-order valence-corrected chi connectivity index (χ1v) is 9.96. The molecule has 0 unspecified atom stereocenters. The van der Waals surface area contributed by atoms with Crippen LogP contribution in [0.1, 0.15) is 28.7 Å². The number of aryl methyl sites for hydroxylation is 2. The maximum atomic E-state index is 12.1. The van der Waals surface area contributed by atoms with Crippen molar-refractivity contribution in [3.63, 3.8) is 0 Å². The topological polar surface area (TPSA) is 79.8 Å². The highest BCUT2D eigenvalue weighted by Crippen LogP contribution is 2.18. The van der Waals surface area contributed by atoms with Crippen molar-refractivity contribution in [2.45, 2.75) is 26.9 Å². The molecule has 6 heteroatoms. The number of hydrazone groups is 1. The number of ether oxygens (including phenoxy) is 1. The molecule has 0 saturated carbocycles. The van der Waals surface area contributed by atoms with Gasteiger partial charge >= 0.3 is 0 Å². The summed E-state index contributed by atoms with van der Waals surface area (Å²) < 4.78 is 5.89. The van der Waals surface area contributed by atoms with E-state index in [0.29, 0.717) is 18.0 Å². The van der Waals surface area contributed by atoms with Crippen molar-refractivity contribution >= 4 is 23.7 Å². The molecule has 2 amide bonds. The Labute approximate surface area is 182 Å². The standard InChI is InChI=1S/C25H25N3O3/c1-18-11-13-20(14-12-18)17-31-23-10-6-4-8-21(23)16-26-28-25(30)15-24(29)27-22-9-5-3-7-19(22)2/h3-14,16H,15,17H2,1-2H3,(H,27,29)(H,28,30). The molecule has 0 radical (unpaired) electrons. The lowest BCUT2D eigenvalue weighted by molar-refractivity contribution is -0.126. The van der Waals surface area contributed by atoms with Gasteiger partial charge in [-0.15, -0.1) is 0 Å². The number of amides is 2. The summed E-state index contributed by atoms with van der Waals surface area (Å²) in [5.74, 6) is -0.248. The van der Waals surface area contributed by atoms with Crippen LogP contribution in [0.25, 0.3) is 0 Å². The minimum Gasteiger partial charge on any atom is -0.488 e. The first-order valence-electron chi connectivity index (χ1n) is 9.96. The van der Waals surface area contributed by atoms with Crippen LogP contribution in [-0.2, 0) is 16.2 Å². The second-order valence-corrected chi connectivity index (χ2v) is 7.15. The minimum absolute atomic E-state index is 0.322. The Bertz CT molecular complexity index is 1080. The number of anilines is 1. The van der Waals surface area contributed by atoms with Crippen molar-refractivity contribution in [3.05, 3.63) is 95.1 Å². The lowest BCUT2D eigenvalue weighted by Gasteiger charge is -2.09. The van der Waals surface area contributed by atoms with Crippen molar-refractivity contribution in [1.82, 2.24) is 5.43 Å². The molecule has 3 aromatic carbocycles. The summed E-state index contributed by atoms with van der Waals surface area (Å²) in [6, 6.07) is 22.9. The van der Waals surface area contributed by atoms with Crippen LogP contribution in [0.3, 0.4) is 0 Å². The molecule has 3 aromatic rings. The smallest absolute Gasteiger partial charge is 0.249 e.